The maximum atomic E-state index is 11.8. The van der Waals surface area contributed by atoms with Gasteiger partial charge in [0, 0.05) is 6.04 Å². The minimum Gasteiger partial charge on any atom is -0.336 e. The molecular weight excluding hydrogens is 233 g/mol. The predicted octanol–water partition coefficient (Wildman–Crippen LogP) is 3.21. The lowest BCUT2D eigenvalue weighted by Crippen LogP contribution is -2.44. The fourth-order valence-electron chi connectivity index (χ4n) is 1.40. The molecule has 0 aromatic carbocycles. The molecule has 0 aliphatic carbocycles. The summed E-state index contributed by atoms with van der Waals surface area (Å²) in [6, 6.07) is -0.856. The molecular formula is C11H21F3N2O. The fraction of sp³-hybridized carbons (Fsp3) is 0.909. The lowest BCUT2D eigenvalue weighted by atomic mass is 10.1. The molecule has 17 heavy (non-hydrogen) atoms. The quantitative estimate of drug-likeness (QED) is 0.673. The van der Waals surface area contributed by atoms with E-state index in [9.17, 15) is 18.0 Å². The molecule has 0 saturated heterocycles. The highest BCUT2D eigenvalue weighted by Gasteiger charge is 2.27. The number of alkyl halides is 3. The van der Waals surface area contributed by atoms with Crippen molar-refractivity contribution in [2.75, 3.05) is 6.54 Å². The molecule has 0 radical (unpaired) electrons. The monoisotopic (exact) mass is 254 g/mol. The minimum absolute atomic E-state index is 0.0971. The molecule has 0 spiro atoms. The van der Waals surface area contributed by atoms with Gasteiger partial charge in [-0.2, -0.15) is 13.2 Å². The predicted molar refractivity (Wildman–Crippen MR) is 60.8 cm³/mol. The number of hydrogen-bond acceptors (Lipinski definition) is 1. The normalized spacial score (nSPS) is 13.2. The second-order valence-electron chi connectivity index (χ2n) is 4.19. The molecule has 102 valence electrons. The number of unbranched alkanes of at least 4 members (excludes halogenated alkanes) is 3. The second kappa shape index (κ2) is 8.20. The molecule has 0 aliphatic heterocycles. The first-order valence-corrected chi connectivity index (χ1v) is 5.96. The van der Waals surface area contributed by atoms with Crippen LogP contribution in [0.25, 0.3) is 0 Å². The van der Waals surface area contributed by atoms with Crippen LogP contribution >= 0.6 is 0 Å². The van der Waals surface area contributed by atoms with E-state index in [0.29, 0.717) is 0 Å². The summed E-state index contributed by atoms with van der Waals surface area (Å²) in [6.07, 6.45) is 0.781. The molecule has 0 fully saturated rings. The molecule has 0 aromatic heterocycles. The van der Waals surface area contributed by atoms with Crippen molar-refractivity contribution >= 4 is 6.03 Å². The van der Waals surface area contributed by atoms with Crippen LogP contribution in [0.4, 0.5) is 18.0 Å². The van der Waals surface area contributed by atoms with Gasteiger partial charge in [0.2, 0.25) is 0 Å². The van der Waals surface area contributed by atoms with Crippen molar-refractivity contribution in [2.45, 2.75) is 58.2 Å². The summed E-state index contributed by atoms with van der Waals surface area (Å²) in [5.74, 6) is 0. The molecule has 0 aromatic rings. The number of nitrogens with one attached hydrogen (secondary N) is 2. The Morgan fingerprint density at radius 1 is 1.24 bits per heavy atom. The van der Waals surface area contributed by atoms with Gasteiger partial charge in [0.05, 0.1) is 0 Å². The summed E-state index contributed by atoms with van der Waals surface area (Å²) in [7, 11) is 0. The molecule has 6 heteroatoms. The highest BCUT2D eigenvalue weighted by molar-refractivity contribution is 5.74. The van der Waals surface area contributed by atoms with Crippen LogP contribution < -0.4 is 10.6 Å². The van der Waals surface area contributed by atoms with Crippen molar-refractivity contribution in [3.63, 3.8) is 0 Å². The van der Waals surface area contributed by atoms with Crippen LogP contribution in [0.3, 0.4) is 0 Å². The third-order valence-corrected chi connectivity index (χ3v) is 2.32. The van der Waals surface area contributed by atoms with Crippen LogP contribution in [0.2, 0.25) is 0 Å². The third kappa shape index (κ3) is 11.3. The maximum absolute atomic E-state index is 11.8. The van der Waals surface area contributed by atoms with Crippen LogP contribution in [0.5, 0.6) is 0 Å². The number of urea groups is 1. The highest BCUT2D eigenvalue weighted by Crippen LogP contribution is 2.12. The first-order valence-electron chi connectivity index (χ1n) is 5.96. The van der Waals surface area contributed by atoms with Gasteiger partial charge in [0.1, 0.15) is 6.54 Å². The summed E-state index contributed by atoms with van der Waals surface area (Å²) in [5.41, 5.74) is 0. The molecule has 1 atom stereocenters. The lowest BCUT2D eigenvalue weighted by molar-refractivity contribution is -0.122. The highest BCUT2D eigenvalue weighted by atomic mass is 19.4. The molecule has 0 bridgehead atoms. The van der Waals surface area contributed by atoms with Gasteiger partial charge in [-0.3, -0.25) is 0 Å². The molecule has 1 unspecified atom stereocenters. The van der Waals surface area contributed by atoms with E-state index in [2.05, 4.69) is 12.2 Å². The van der Waals surface area contributed by atoms with Gasteiger partial charge in [-0.25, -0.2) is 4.79 Å². The van der Waals surface area contributed by atoms with Gasteiger partial charge in [-0.15, -0.1) is 0 Å². The van der Waals surface area contributed by atoms with E-state index in [1.807, 2.05) is 0 Å². The van der Waals surface area contributed by atoms with Gasteiger partial charge >= 0.3 is 12.2 Å². The van der Waals surface area contributed by atoms with Crippen LogP contribution in [0.15, 0.2) is 0 Å². The summed E-state index contributed by atoms with van der Waals surface area (Å²) < 4.78 is 35.4. The SMILES string of the molecule is CCCCCCC(C)NC(=O)NCC(F)(F)F. The fourth-order valence-corrected chi connectivity index (χ4v) is 1.40. The van der Waals surface area contributed by atoms with E-state index < -0.39 is 18.8 Å². The van der Waals surface area contributed by atoms with Gasteiger partial charge in [0.15, 0.2) is 0 Å². The Labute approximate surface area is 100 Å². The Morgan fingerprint density at radius 3 is 2.41 bits per heavy atom. The van der Waals surface area contributed by atoms with Crippen molar-refractivity contribution in [3.05, 3.63) is 0 Å². The Kier molecular flexibility index (Phi) is 7.74. The standard InChI is InChI=1S/C11H21F3N2O/c1-3-4-5-6-7-9(2)16-10(17)15-8-11(12,13)14/h9H,3-8H2,1-2H3,(H2,15,16,17). The Morgan fingerprint density at radius 2 is 1.88 bits per heavy atom. The maximum Gasteiger partial charge on any atom is 0.405 e. The summed E-state index contributed by atoms with van der Waals surface area (Å²) >= 11 is 0. The van der Waals surface area contributed by atoms with Crippen LogP contribution in [-0.4, -0.2) is 24.8 Å². The average molecular weight is 254 g/mol. The van der Waals surface area contributed by atoms with E-state index in [4.69, 9.17) is 0 Å². The van der Waals surface area contributed by atoms with Crippen molar-refractivity contribution in [3.8, 4) is 0 Å². The zero-order valence-electron chi connectivity index (χ0n) is 10.4. The van der Waals surface area contributed by atoms with Crippen molar-refractivity contribution in [1.82, 2.24) is 10.6 Å². The van der Waals surface area contributed by atoms with Crippen LogP contribution in [-0.2, 0) is 0 Å². The number of carbonyl (C=O) groups excluding carboxylic acids is 1. The lowest BCUT2D eigenvalue weighted by Gasteiger charge is -2.15. The number of rotatable bonds is 7. The largest absolute Gasteiger partial charge is 0.405 e. The number of amides is 2. The van der Waals surface area contributed by atoms with Crippen LogP contribution in [0, 0.1) is 0 Å². The molecule has 2 N–H and O–H groups in total. The summed E-state index contributed by atoms with van der Waals surface area (Å²) in [4.78, 5) is 11.1. The van der Waals surface area contributed by atoms with E-state index in [-0.39, 0.29) is 6.04 Å². The van der Waals surface area contributed by atoms with E-state index in [0.717, 1.165) is 32.1 Å². The van der Waals surface area contributed by atoms with Gasteiger partial charge in [-0.05, 0) is 13.3 Å². The first-order chi connectivity index (χ1) is 7.85. The van der Waals surface area contributed by atoms with Crippen molar-refractivity contribution < 1.29 is 18.0 Å². The van der Waals surface area contributed by atoms with E-state index in [1.54, 1.807) is 12.2 Å². The number of carbonyl (C=O) groups is 1. The molecule has 0 saturated carbocycles. The summed E-state index contributed by atoms with van der Waals surface area (Å²) in [6.45, 7) is 2.60. The smallest absolute Gasteiger partial charge is 0.336 e. The Hall–Kier alpha value is -0.940. The molecule has 3 nitrogen and oxygen atoms in total. The van der Waals surface area contributed by atoms with Crippen LogP contribution in [0.1, 0.15) is 46.0 Å². The summed E-state index contributed by atoms with van der Waals surface area (Å²) in [5, 5.41) is 4.26. The topological polar surface area (TPSA) is 41.1 Å². The second-order valence-corrected chi connectivity index (χ2v) is 4.19. The molecule has 0 heterocycles. The Balaban J connectivity index is 3.59. The van der Waals surface area contributed by atoms with Gasteiger partial charge in [-0.1, -0.05) is 32.6 Å². The minimum atomic E-state index is -4.36. The van der Waals surface area contributed by atoms with Crippen molar-refractivity contribution in [2.24, 2.45) is 0 Å². The molecule has 0 rings (SSSR count). The van der Waals surface area contributed by atoms with E-state index in [1.165, 1.54) is 0 Å². The van der Waals surface area contributed by atoms with E-state index >= 15 is 0 Å². The first kappa shape index (κ1) is 16.1. The van der Waals surface area contributed by atoms with Gasteiger partial charge in [0.25, 0.3) is 0 Å². The van der Waals surface area contributed by atoms with Gasteiger partial charge < -0.3 is 10.6 Å². The molecule has 0 aliphatic rings. The third-order valence-electron chi connectivity index (χ3n) is 2.32. The molecule has 2 amide bonds. The van der Waals surface area contributed by atoms with Crippen molar-refractivity contribution in [1.29, 1.82) is 0 Å². The average Bonchev–Trinajstić information content (AvgIpc) is 2.21. The number of hydrogen-bond donors (Lipinski definition) is 2. The zero-order chi connectivity index (χ0) is 13.3. The zero-order valence-corrected chi connectivity index (χ0v) is 10.4. The number of halogens is 3. The Bertz CT molecular complexity index is 219.